The zero-order valence-electron chi connectivity index (χ0n) is 29.6. The third-order valence-corrected chi connectivity index (χ3v) is 19.0. The molecule has 2 aliphatic heterocycles. The summed E-state index contributed by atoms with van der Waals surface area (Å²) >= 11 is 0. The van der Waals surface area contributed by atoms with Crippen molar-refractivity contribution in [2.75, 3.05) is 26.4 Å². The highest BCUT2D eigenvalue weighted by molar-refractivity contribution is 6.75. The monoisotopic (exact) mass is 662 g/mol. The molecule has 3 aliphatic rings. The molecule has 0 unspecified atom stereocenters. The van der Waals surface area contributed by atoms with Crippen molar-refractivity contribution in [3.8, 4) is 17.2 Å². The molecule has 46 heavy (non-hydrogen) atoms. The van der Waals surface area contributed by atoms with E-state index in [-0.39, 0.29) is 22.8 Å². The predicted molar refractivity (Wildman–Crippen MR) is 193 cm³/mol. The summed E-state index contributed by atoms with van der Waals surface area (Å²) in [5, 5.41) is 11.3. The van der Waals surface area contributed by atoms with Gasteiger partial charge in [-0.25, -0.2) is 0 Å². The second-order valence-electron chi connectivity index (χ2n) is 15.8. The van der Waals surface area contributed by atoms with Crippen LogP contribution in [0.15, 0.2) is 47.7 Å². The third-order valence-electron chi connectivity index (χ3n) is 10.3. The van der Waals surface area contributed by atoms with Crippen LogP contribution in [0.2, 0.25) is 36.3 Å². The van der Waals surface area contributed by atoms with Gasteiger partial charge < -0.3 is 28.2 Å². The van der Waals surface area contributed by atoms with E-state index in [1.165, 1.54) is 5.57 Å². The van der Waals surface area contributed by atoms with Crippen LogP contribution in [-0.2, 0) is 9.16 Å². The number of allylic oxidation sites excluding steroid dienone is 1. The highest BCUT2D eigenvalue weighted by atomic mass is 28.4. The van der Waals surface area contributed by atoms with Crippen LogP contribution in [0.3, 0.4) is 0 Å². The van der Waals surface area contributed by atoms with E-state index in [0.29, 0.717) is 32.7 Å². The molecule has 1 N–H and O–H groups in total. The van der Waals surface area contributed by atoms with Gasteiger partial charge in [0.15, 0.2) is 0 Å². The molecule has 1 fully saturated rings. The topological polar surface area (TPSA) is 66.4 Å². The normalized spacial score (nSPS) is 18.5. The van der Waals surface area contributed by atoms with Crippen LogP contribution in [0.5, 0.6) is 17.2 Å². The Morgan fingerprint density at radius 1 is 0.913 bits per heavy atom. The van der Waals surface area contributed by atoms with E-state index in [4.69, 9.17) is 28.2 Å². The fourth-order valence-electron chi connectivity index (χ4n) is 5.47. The number of ether oxygens (including phenoxy) is 3. The van der Waals surface area contributed by atoms with E-state index in [2.05, 4.69) is 104 Å². The van der Waals surface area contributed by atoms with Crippen molar-refractivity contribution in [2.24, 2.45) is 0 Å². The Kier molecular flexibility index (Phi) is 9.78. The number of benzene rings is 2. The van der Waals surface area contributed by atoms with Gasteiger partial charge in [-0.05, 0) is 83.3 Å². The number of hydrogen-bond acceptors (Lipinski definition) is 6. The van der Waals surface area contributed by atoms with Crippen LogP contribution < -0.4 is 24.3 Å². The maximum Gasteiger partial charge on any atom is 0.250 e. The van der Waals surface area contributed by atoms with E-state index in [1.807, 2.05) is 12.1 Å². The largest absolute Gasteiger partial charge is 0.543 e. The van der Waals surface area contributed by atoms with Crippen molar-refractivity contribution < 1.29 is 28.2 Å². The number of rotatable bonds is 9. The molecule has 0 radical (unpaired) electrons. The van der Waals surface area contributed by atoms with Gasteiger partial charge in [0.05, 0.1) is 25.9 Å². The summed E-state index contributed by atoms with van der Waals surface area (Å²) in [5.74, 6) is 3.50. The fourth-order valence-corrected chi connectivity index (χ4v) is 7.50. The van der Waals surface area contributed by atoms with Crippen LogP contribution in [0.25, 0.3) is 17.7 Å². The third kappa shape index (κ3) is 7.20. The lowest BCUT2D eigenvalue weighted by molar-refractivity contribution is 0.0673. The van der Waals surface area contributed by atoms with Gasteiger partial charge in [0.25, 0.3) is 8.32 Å². The lowest BCUT2D eigenvalue weighted by atomic mass is 9.91. The number of aliphatic hydroxyl groups is 1. The minimum absolute atomic E-state index is 0.0403. The number of hydrogen-bond donors (Lipinski definition) is 1. The summed E-state index contributed by atoms with van der Waals surface area (Å²) in [5.41, 5.74) is 4.49. The Hall–Kier alpha value is -2.79. The van der Waals surface area contributed by atoms with Crippen LogP contribution in [0.4, 0.5) is 0 Å². The highest BCUT2D eigenvalue weighted by Gasteiger charge is 2.41. The highest BCUT2D eigenvalue weighted by Crippen LogP contribution is 2.43. The zero-order chi connectivity index (χ0) is 33.5. The summed E-state index contributed by atoms with van der Waals surface area (Å²) in [6, 6.07) is 10.4. The molecule has 2 aromatic rings. The van der Waals surface area contributed by atoms with Gasteiger partial charge >= 0.3 is 0 Å². The first-order valence-electron chi connectivity index (χ1n) is 16.8. The van der Waals surface area contributed by atoms with Crippen LogP contribution >= 0.6 is 0 Å². The Morgan fingerprint density at radius 3 is 2.24 bits per heavy atom. The molecule has 2 heterocycles. The van der Waals surface area contributed by atoms with Gasteiger partial charge in [-0.1, -0.05) is 59.8 Å². The van der Waals surface area contributed by atoms with Gasteiger partial charge in [0, 0.05) is 41.9 Å². The minimum atomic E-state index is -2.19. The first kappa shape index (κ1) is 34.5. The Balaban J connectivity index is 1.66. The molecule has 1 saturated heterocycles. The fraction of sp³-hybridized carbons (Fsp3) is 0.526. The lowest BCUT2D eigenvalue weighted by Gasteiger charge is -2.37. The molecule has 1 aliphatic carbocycles. The molecule has 2 aromatic carbocycles. The summed E-state index contributed by atoms with van der Waals surface area (Å²) in [6.45, 7) is 24.6. The SMILES string of the molecule is CC(C)(C)[Si](C)(C)OC1=Cc2c3c(cc(O[Si](C)(C)C(C)(C)C)c2=C2CO[C@H](c4ccc(OCCCO)cc4)CC2=C1)=CCCO3. The maximum atomic E-state index is 9.09. The van der Waals surface area contributed by atoms with Crippen LogP contribution in [-0.4, -0.2) is 48.2 Å². The molecule has 0 aromatic heterocycles. The van der Waals surface area contributed by atoms with E-state index in [0.717, 1.165) is 56.6 Å². The summed E-state index contributed by atoms with van der Waals surface area (Å²) < 4.78 is 33.1. The maximum absolute atomic E-state index is 9.09. The molecule has 8 heteroatoms. The quantitative estimate of drug-likeness (QED) is 0.217. The van der Waals surface area contributed by atoms with Crippen LogP contribution in [0.1, 0.15) is 78.0 Å². The predicted octanol–water partition coefficient (Wildman–Crippen LogP) is 8.01. The average molecular weight is 663 g/mol. The summed E-state index contributed by atoms with van der Waals surface area (Å²) in [4.78, 5) is 0. The molecule has 0 spiro atoms. The molecule has 250 valence electrons. The van der Waals surface area contributed by atoms with Crippen molar-refractivity contribution >= 4 is 34.4 Å². The van der Waals surface area contributed by atoms with E-state index < -0.39 is 16.6 Å². The summed E-state index contributed by atoms with van der Waals surface area (Å²) in [7, 11) is -4.35. The smallest absolute Gasteiger partial charge is 0.250 e. The molecule has 0 bridgehead atoms. The molecule has 5 rings (SSSR count). The van der Waals surface area contributed by atoms with E-state index in [9.17, 15) is 0 Å². The van der Waals surface area contributed by atoms with Gasteiger partial charge in [0.2, 0.25) is 8.32 Å². The van der Waals surface area contributed by atoms with Gasteiger partial charge in [-0.15, -0.1) is 0 Å². The Bertz CT molecular complexity index is 1620. The number of fused-ring (bicyclic) bond motifs is 4. The van der Waals surface area contributed by atoms with Crippen molar-refractivity contribution in [1.29, 1.82) is 0 Å². The van der Waals surface area contributed by atoms with Gasteiger partial charge in [-0.2, -0.15) is 0 Å². The van der Waals surface area contributed by atoms with Crippen molar-refractivity contribution in [2.45, 2.75) is 103 Å². The molecule has 0 saturated carbocycles. The van der Waals surface area contributed by atoms with E-state index >= 15 is 0 Å². The number of aliphatic hydroxyl groups excluding tert-OH is 1. The van der Waals surface area contributed by atoms with Crippen LogP contribution in [0, 0.1) is 0 Å². The second kappa shape index (κ2) is 13.0. The van der Waals surface area contributed by atoms with Crippen molar-refractivity contribution in [3.63, 3.8) is 0 Å². The lowest BCUT2D eigenvalue weighted by Crippen LogP contribution is -2.45. The Labute approximate surface area is 278 Å². The minimum Gasteiger partial charge on any atom is -0.543 e. The van der Waals surface area contributed by atoms with Gasteiger partial charge in [-0.3, -0.25) is 0 Å². The zero-order valence-corrected chi connectivity index (χ0v) is 31.6. The molecule has 6 nitrogen and oxygen atoms in total. The van der Waals surface area contributed by atoms with Crippen molar-refractivity contribution in [3.05, 3.63) is 69.3 Å². The first-order valence-corrected chi connectivity index (χ1v) is 22.6. The molecular formula is C38H54O6Si2. The molecule has 0 amide bonds. The van der Waals surface area contributed by atoms with Gasteiger partial charge in [0.1, 0.15) is 23.0 Å². The molecule has 1 atom stereocenters. The molecular weight excluding hydrogens is 609 g/mol. The first-order chi connectivity index (χ1) is 21.5. The van der Waals surface area contributed by atoms with E-state index in [1.54, 1.807) is 0 Å². The Morgan fingerprint density at radius 2 is 1.59 bits per heavy atom. The second-order valence-corrected chi connectivity index (χ2v) is 25.3. The standard InChI is InChI=1S/C38H54O6Si2/c1-37(2,3)45(7,8)43-30-21-28-23-33(26-14-16-29(17-15-26)40-20-12-18-39)42-25-32(28)35-31(24-30)36-27(13-11-19-41-36)22-34(35)44-46(9,10)38(4,5)6/h13-17,21-22,24,33,39H,11-12,18-20,23,25H2,1-10H3/t33-/m0/s1. The average Bonchev–Trinajstić information content (AvgIpc) is 3.12. The van der Waals surface area contributed by atoms with Crippen molar-refractivity contribution in [1.82, 2.24) is 0 Å². The summed E-state index contributed by atoms with van der Waals surface area (Å²) in [6.07, 6.45) is 8.82.